The van der Waals surface area contributed by atoms with Gasteiger partial charge in [-0.15, -0.1) is 12.4 Å². The molecule has 1 heterocycles. The molecule has 0 aromatic carbocycles. The van der Waals surface area contributed by atoms with E-state index >= 15 is 0 Å². The van der Waals surface area contributed by atoms with E-state index in [4.69, 9.17) is 5.73 Å². The monoisotopic (exact) mass is 289 g/mol. The van der Waals surface area contributed by atoms with Crippen molar-refractivity contribution in [1.82, 2.24) is 10.2 Å². The zero-order chi connectivity index (χ0) is 6.85. The maximum Gasteiger partial charge on any atom is 0.142 e. The highest BCUT2D eigenvalue weighted by molar-refractivity contribution is 9.13. The molecule has 0 aliphatic rings. The number of H-pyrrole nitrogens is 1. The van der Waals surface area contributed by atoms with Crippen molar-refractivity contribution in [1.29, 1.82) is 0 Å². The first kappa shape index (κ1) is 10.4. The summed E-state index contributed by atoms with van der Waals surface area (Å²) in [6, 6.07) is 0. The summed E-state index contributed by atoms with van der Waals surface area (Å²) in [7, 11) is 0. The topological polar surface area (TPSA) is 54.7 Å². The molecule has 0 spiro atoms. The fraction of sp³-hybridized carbons (Fsp3) is 0.250. The van der Waals surface area contributed by atoms with Gasteiger partial charge in [0.15, 0.2) is 0 Å². The van der Waals surface area contributed by atoms with E-state index in [-0.39, 0.29) is 12.4 Å². The number of nitrogens with one attached hydrogen (secondary N) is 1. The van der Waals surface area contributed by atoms with Gasteiger partial charge >= 0.3 is 0 Å². The van der Waals surface area contributed by atoms with Crippen LogP contribution in [0.5, 0.6) is 0 Å². The molecule has 3 nitrogen and oxygen atoms in total. The molecule has 0 amide bonds. The lowest BCUT2D eigenvalue weighted by atomic mass is 10.4. The van der Waals surface area contributed by atoms with Crippen LogP contribution in [0.1, 0.15) is 5.69 Å². The minimum Gasteiger partial charge on any atom is -0.325 e. The van der Waals surface area contributed by atoms with E-state index in [1.165, 1.54) is 0 Å². The maximum atomic E-state index is 5.34. The van der Waals surface area contributed by atoms with Crippen LogP contribution in [0, 0.1) is 0 Å². The van der Waals surface area contributed by atoms with Gasteiger partial charge in [0.2, 0.25) is 0 Å². The fourth-order valence-corrected chi connectivity index (χ4v) is 1.14. The molecular weight excluding hydrogens is 285 g/mol. The first-order chi connectivity index (χ1) is 4.25. The van der Waals surface area contributed by atoms with Crippen molar-refractivity contribution in [2.24, 2.45) is 5.73 Å². The lowest BCUT2D eigenvalue weighted by Gasteiger charge is -1.87. The summed E-state index contributed by atoms with van der Waals surface area (Å²) >= 11 is 6.50. The molecule has 1 rings (SSSR count). The van der Waals surface area contributed by atoms with Crippen molar-refractivity contribution >= 4 is 44.3 Å². The van der Waals surface area contributed by atoms with E-state index in [1.54, 1.807) is 0 Å². The number of hydrogen-bond donors (Lipinski definition) is 2. The van der Waals surface area contributed by atoms with E-state index in [0.717, 1.165) is 14.8 Å². The van der Waals surface area contributed by atoms with Crippen molar-refractivity contribution in [3.63, 3.8) is 0 Å². The van der Waals surface area contributed by atoms with Crippen LogP contribution in [0.2, 0.25) is 0 Å². The van der Waals surface area contributed by atoms with Crippen LogP contribution < -0.4 is 5.73 Å². The molecular formula is C4H6Br2ClN3. The van der Waals surface area contributed by atoms with Crippen LogP contribution in [0.3, 0.4) is 0 Å². The highest BCUT2D eigenvalue weighted by atomic mass is 79.9. The number of nitrogens with two attached hydrogens (primary N) is 1. The average molecular weight is 291 g/mol. The van der Waals surface area contributed by atoms with Gasteiger partial charge in [-0.25, -0.2) is 0 Å². The standard InChI is InChI=1S/C4H5Br2N3.ClH/c5-3-2(1-7)8-9-4(3)6;/h1,7H2,(H,8,9);1H. The largest absolute Gasteiger partial charge is 0.325 e. The summed E-state index contributed by atoms with van der Waals surface area (Å²) in [5.74, 6) is 0. The summed E-state index contributed by atoms with van der Waals surface area (Å²) in [5, 5.41) is 6.61. The maximum absolute atomic E-state index is 5.34. The van der Waals surface area contributed by atoms with Gasteiger partial charge < -0.3 is 5.73 Å². The van der Waals surface area contributed by atoms with E-state index in [0.29, 0.717) is 6.54 Å². The van der Waals surface area contributed by atoms with Gasteiger partial charge in [-0.05, 0) is 31.9 Å². The molecule has 3 N–H and O–H groups in total. The van der Waals surface area contributed by atoms with Gasteiger partial charge in [0.1, 0.15) is 4.60 Å². The first-order valence-electron chi connectivity index (χ1n) is 2.34. The second kappa shape index (κ2) is 4.33. The summed E-state index contributed by atoms with van der Waals surface area (Å²) < 4.78 is 1.67. The lowest BCUT2D eigenvalue weighted by molar-refractivity contribution is 0.941. The number of rotatable bonds is 1. The first-order valence-corrected chi connectivity index (χ1v) is 3.92. The summed E-state index contributed by atoms with van der Waals surface area (Å²) in [5.41, 5.74) is 6.25. The molecule has 0 fully saturated rings. The minimum absolute atomic E-state index is 0. The number of halogens is 3. The Hall–Kier alpha value is 0.420. The number of hydrogen-bond acceptors (Lipinski definition) is 2. The van der Waals surface area contributed by atoms with E-state index < -0.39 is 0 Å². The Bertz CT molecular complexity index is 212. The van der Waals surface area contributed by atoms with Crippen molar-refractivity contribution in [2.75, 3.05) is 0 Å². The predicted octanol–water partition coefficient (Wildman–Crippen LogP) is 1.82. The predicted molar refractivity (Wildman–Crippen MR) is 49.1 cm³/mol. The van der Waals surface area contributed by atoms with Crippen LogP contribution >= 0.6 is 44.3 Å². The summed E-state index contributed by atoms with van der Waals surface area (Å²) in [6.45, 7) is 0.471. The Kier molecular flexibility index (Phi) is 4.51. The van der Waals surface area contributed by atoms with Crippen LogP contribution in [0.4, 0.5) is 0 Å². The molecule has 0 aliphatic heterocycles. The second-order valence-electron chi connectivity index (χ2n) is 1.51. The third kappa shape index (κ3) is 1.95. The molecule has 0 bridgehead atoms. The molecule has 1 aromatic heterocycles. The third-order valence-corrected chi connectivity index (χ3v) is 2.90. The SMILES string of the molecule is Cl.NCc1[nH]nc(Br)c1Br. The van der Waals surface area contributed by atoms with E-state index in [2.05, 4.69) is 42.1 Å². The number of nitrogens with zero attached hydrogens (tertiary/aromatic N) is 1. The minimum atomic E-state index is 0. The number of aromatic amines is 1. The van der Waals surface area contributed by atoms with E-state index in [1.807, 2.05) is 0 Å². The molecule has 0 radical (unpaired) electrons. The van der Waals surface area contributed by atoms with Crippen LogP contribution in [-0.4, -0.2) is 10.2 Å². The smallest absolute Gasteiger partial charge is 0.142 e. The molecule has 0 unspecified atom stereocenters. The van der Waals surface area contributed by atoms with Gasteiger partial charge in [0, 0.05) is 6.54 Å². The molecule has 0 atom stereocenters. The van der Waals surface area contributed by atoms with Gasteiger partial charge in [-0.1, -0.05) is 0 Å². The van der Waals surface area contributed by atoms with Crippen LogP contribution in [-0.2, 0) is 6.54 Å². The van der Waals surface area contributed by atoms with Crippen LogP contribution in [0.15, 0.2) is 9.08 Å². The summed E-state index contributed by atoms with van der Waals surface area (Å²) in [4.78, 5) is 0. The van der Waals surface area contributed by atoms with Crippen molar-refractivity contribution in [2.45, 2.75) is 6.54 Å². The average Bonchev–Trinajstić information content (AvgIpc) is 2.15. The van der Waals surface area contributed by atoms with Gasteiger partial charge in [0.25, 0.3) is 0 Å². The lowest BCUT2D eigenvalue weighted by Crippen LogP contribution is -1.96. The molecule has 0 aliphatic carbocycles. The third-order valence-electron chi connectivity index (χ3n) is 0.939. The van der Waals surface area contributed by atoms with Gasteiger partial charge in [-0.3, -0.25) is 5.10 Å². The Morgan fingerprint density at radius 1 is 1.50 bits per heavy atom. The van der Waals surface area contributed by atoms with Gasteiger partial charge in [-0.2, -0.15) is 5.10 Å². The molecule has 58 valence electrons. The molecule has 1 aromatic rings. The van der Waals surface area contributed by atoms with Gasteiger partial charge in [0.05, 0.1) is 10.2 Å². The Morgan fingerprint density at radius 2 is 2.10 bits per heavy atom. The zero-order valence-corrected chi connectivity index (χ0v) is 8.88. The summed E-state index contributed by atoms with van der Waals surface area (Å²) in [6.07, 6.45) is 0. The van der Waals surface area contributed by atoms with E-state index in [9.17, 15) is 0 Å². The molecule has 10 heavy (non-hydrogen) atoms. The Morgan fingerprint density at radius 3 is 2.30 bits per heavy atom. The molecule has 0 saturated heterocycles. The van der Waals surface area contributed by atoms with Crippen molar-refractivity contribution in [3.8, 4) is 0 Å². The highest BCUT2D eigenvalue weighted by Gasteiger charge is 2.04. The highest BCUT2D eigenvalue weighted by Crippen LogP contribution is 2.22. The quantitative estimate of drug-likeness (QED) is 0.829. The van der Waals surface area contributed by atoms with Crippen LogP contribution in [0.25, 0.3) is 0 Å². The normalized spacial score (nSPS) is 9.10. The molecule has 6 heteroatoms. The van der Waals surface area contributed by atoms with Crippen molar-refractivity contribution in [3.05, 3.63) is 14.8 Å². The fourth-order valence-electron chi connectivity index (χ4n) is 0.474. The molecule has 0 saturated carbocycles. The number of aromatic nitrogens is 2. The Balaban J connectivity index is 0.000000810. The van der Waals surface area contributed by atoms with Crippen molar-refractivity contribution < 1.29 is 0 Å². The zero-order valence-electron chi connectivity index (χ0n) is 4.90. The second-order valence-corrected chi connectivity index (χ2v) is 3.06. The Labute approximate surface area is 81.4 Å².